The Hall–Kier alpha value is -2.50. The van der Waals surface area contributed by atoms with Gasteiger partial charge in [-0.25, -0.2) is 4.98 Å². The quantitative estimate of drug-likeness (QED) is 0.590. The standard InChI is InChI=1S/C20H30N4O2/c1-3-4-5-6-7-8-11-26-17-10-9-15(13-18(17)25-2)12-16-14-23-20(22)24-19(16)21/h9-10,13-14H,3-8,11-12H2,1-2H3,(H4,21,22,23,24). The van der Waals surface area contributed by atoms with E-state index in [1.54, 1.807) is 13.3 Å². The Morgan fingerprint density at radius 1 is 1.00 bits per heavy atom. The molecule has 0 aliphatic carbocycles. The molecule has 0 radical (unpaired) electrons. The minimum atomic E-state index is 0.183. The molecule has 2 rings (SSSR count). The maximum absolute atomic E-state index is 5.91. The van der Waals surface area contributed by atoms with E-state index in [0.29, 0.717) is 18.8 Å². The van der Waals surface area contributed by atoms with Gasteiger partial charge in [0.15, 0.2) is 11.5 Å². The fourth-order valence-corrected chi connectivity index (χ4v) is 2.80. The van der Waals surface area contributed by atoms with Crippen LogP contribution in [0.2, 0.25) is 0 Å². The summed E-state index contributed by atoms with van der Waals surface area (Å²) in [4.78, 5) is 8.00. The molecule has 0 saturated heterocycles. The largest absolute Gasteiger partial charge is 0.493 e. The molecule has 0 spiro atoms. The maximum Gasteiger partial charge on any atom is 0.221 e. The van der Waals surface area contributed by atoms with E-state index in [1.807, 2.05) is 18.2 Å². The summed E-state index contributed by atoms with van der Waals surface area (Å²) >= 11 is 0. The Morgan fingerprint density at radius 2 is 1.77 bits per heavy atom. The van der Waals surface area contributed by atoms with E-state index >= 15 is 0 Å². The smallest absolute Gasteiger partial charge is 0.221 e. The highest BCUT2D eigenvalue weighted by Crippen LogP contribution is 2.29. The van der Waals surface area contributed by atoms with Crippen molar-refractivity contribution in [2.45, 2.75) is 51.9 Å². The average Bonchev–Trinajstić information content (AvgIpc) is 2.64. The number of nitrogens with two attached hydrogens (primary N) is 2. The number of benzene rings is 1. The zero-order valence-electron chi connectivity index (χ0n) is 15.8. The molecule has 2 aromatic rings. The molecule has 4 N–H and O–H groups in total. The van der Waals surface area contributed by atoms with Crippen molar-refractivity contribution in [1.29, 1.82) is 0 Å². The second-order valence-corrected chi connectivity index (χ2v) is 6.42. The molecule has 0 aliphatic rings. The number of anilines is 2. The Kier molecular flexibility index (Phi) is 7.99. The normalized spacial score (nSPS) is 10.7. The monoisotopic (exact) mass is 358 g/mol. The van der Waals surface area contributed by atoms with Crippen LogP contribution >= 0.6 is 0 Å². The van der Waals surface area contributed by atoms with Gasteiger partial charge in [-0.15, -0.1) is 0 Å². The van der Waals surface area contributed by atoms with Crippen molar-refractivity contribution in [3.8, 4) is 11.5 Å². The summed E-state index contributed by atoms with van der Waals surface area (Å²) in [6.07, 6.45) is 9.72. The van der Waals surface area contributed by atoms with Gasteiger partial charge in [0.1, 0.15) is 5.82 Å². The van der Waals surface area contributed by atoms with Gasteiger partial charge in [-0.2, -0.15) is 4.98 Å². The molecular formula is C20H30N4O2. The summed E-state index contributed by atoms with van der Waals surface area (Å²) in [5, 5.41) is 0. The highest BCUT2D eigenvalue weighted by Gasteiger charge is 2.09. The van der Waals surface area contributed by atoms with E-state index in [4.69, 9.17) is 20.9 Å². The molecule has 0 amide bonds. The first kappa shape index (κ1) is 19.8. The molecule has 0 unspecified atom stereocenters. The van der Waals surface area contributed by atoms with E-state index < -0.39 is 0 Å². The van der Waals surface area contributed by atoms with Crippen molar-refractivity contribution in [2.75, 3.05) is 25.2 Å². The first-order valence-corrected chi connectivity index (χ1v) is 9.30. The third kappa shape index (κ3) is 6.10. The number of methoxy groups -OCH3 is 1. The average molecular weight is 358 g/mol. The molecule has 26 heavy (non-hydrogen) atoms. The molecule has 1 aromatic carbocycles. The van der Waals surface area contributed by atoms with Crippen molar-refractivity contribution >= 4 is 11.8 Å². The summed E-state index contributed by atoms with van der Waals surface area (Å²) in [5.74, 6) is 2.08. The van der Waals surface area contributed by atoms with Gasteiger partial charge in [0.05, 0.1) is 13.7 Å². The molecule has 0 bridgehead atoms. The first-order chi connectivity index (χ1) is 12.6. The predicted molar refractivity (Wildman–Crippen MR) is 106 cm³/mol. The lowest BCUT2D eigenvalue weighted by molar-refractivity contribution is 0.284. The molecule has 6 heteroatoms. The van der Waals surface area contributed by atoms with Crippen LogP contribution in [0.5, 0.6) is 11.5 Å². The molecule has 0 atom stereocenters. The zero-order chi connectivity index (χ0) is 18.8. The molecule has 6 nitrogen and oxygen atoms in total. The zero-order valence-corrected chi connectivity index (χ0v) is 15.8. The summed E-state index contributed by atoms with van der Waals surface area (Å²) in [6.45, 7) is 2.94. The summed E-state index contributed by atoms with van der Waals surface area (Å²) in [5.41, 5.74) is 13.3. The molecule has 1 aromatic heterocycles. The van der Waals surface area contributed by atoms with Crippen LogP contribution in [0.3, 0.4) is 0 Å². The summed E-state index contributed by atoms with van der Waals surface area (Å²) in [7, 11) is 1.65. The van der Waals surface area contributed by atoms with E-state index in [9.17, 15) is 0 Å². The highest BCUT2D eigenvalue weighted by atomic mass is 16.5. The molecule has 0 fully saturated rings. The number of aromatic nitrogens is 2. The van der Waals surface area contributed by atoms with E-state index in [2.05, 4.69) is 16.9 Å². The second kappa shape index (κ2) is 10.5. The van der Waals surface area contributed by atoms with Crippen molar-refractivity contribution in [3.05, 3.63) is 35.5 Å². The second-order valence-electron chi connectivity index (χ2n) is 6.42. The van der Waals surface area contributed by atoms with Crippen molar-refractivity contribution in [1.82, 2.24) is 9.97 Å². The van der Waals surface area contributed by atoms with Gasteiger partial charge in [0.2, 0.25) is 5.95 Å². The van der Waals surface area contributed by atoms with E-state index in [-0.39, 0.29) is 5.95 Å². The number of rotatable bonds is 11. The minimum Gasteiger partial charge on any atom is -0.493 e. The molecular weight excluding hydrogens is 328 g/mol. The Balaban J connectivity index is 1.90. The fourth-order valence-electron chi connectivity index (χ4n) is 2.80. The van der Waals surface area contributed by atoms with Crippen molar-refractivity contribution < 1.29 is 9.47 Å². The lowest BCUT2D eigenvalue weighted by atomic mass is 10.1. The third-order valence-corrected chi connectivity index (χ3v) is 4.29. The van der Waals surface area contributed by atoms with Gasteiger partial charge in [0, 0.05) is 18.2 Å². The Labute approximate surface area is 155 Å². The van der Waals surface area contributed by atoms with E-state index in [1.165, 1.54) is 32.1 Å². The molecule has 0 aliphatic heterocycles. The van der Waals surface area contributed by atoms with Crippen LogP contribution in [0.15, 0.2) is 24.4 Å². The third-order valence-electron chi connectivity index (χ3n) is 4.29. The van der Waals surface area contributed by atoms with Crippen molar-refractivity contribution in [3.63, 3.8) is 0 Å². The lowest BCUT2D eigenvalue weighted by Crippen LogP contribution is -2.04. The maximum atomic E-state index is 5.91. The highest BCUT2D eigenvalue weighted by molar-refractivity contribution is 5.48. The van der Waals surface area contributed by atoms with Crippen LogP contribution in [0.25, 0.3) is 0 Å². The van der Waals surface area contributed by atoms with Crippen molar-refractivity contribution in [2.24, 2.45) is 0 Å². The topological polar surface area (TPSA) is 96.3 Å². The number of unbranched alkanes of at least 4 members (excludes halogenated alkanes) is 5. The summed E-state index contributed by atoms with van der Waals surface area (Å²) < 4.78 is 11.4. The predicted octanol–water partition coefficient (Wildman–Crippen LogP) is 3.98. The van der Waals surface area contributed by atoms with Gasteiger partial charge in [-0.3, -0.25) is 0 Å². The van der Waals surface area contributed by atoms with Crippen LogP contribution in [0.1, 0.15) is 56.6 Å². The number of hydrogen-bond donors (Lipinski definition) is 2. The number of ether oxygens (including phenoxy) is 2. The molecule has 1 heterocycles. The van der Waals surface area contributed by atoms with Crippen LogP contribution in [-0.4, -0.2) is 23.7 Å². The van der Waals surface area contributed by atoms with Gasteiger partial charge < -0.3 is 20.9 Å². The van der Waals surface area contributed by atoms with Crippen LogP contribution < -0.4 is 20.9 Å². The van der Waals surface area contributed by atoms with Gasteiger partial charge in [-0.1, -0.05) is 45.1 Å². The first-order valence-electron chi connectivity index (χ1n) is 9.30. The lowest BCUT2D eigenvalue weighted by Gasteiger charge is -2.13. The van der Waals surface area contributed by atoms with Gasteiger partial charge in [-0.05, 0) is 24.1 Å². The SMILES string of the molecule is CCCCCCCCOc1ccc(Cc2cnc(N)nc2N)cc1OC. The number of nitrogen functional groups attached to an aromatic ring is 2. The Morgan fingerprint density at radius 3 is 2.50 bits per heavy atom. The van der Waals surface area contributed by atoms with Gasteiger partial charge in [0.25, 0.3) is 0 Å². The minimum absolute atomic E-state index is 0.183. The van der Waals surface area contributed by atoms with Crippen LogP contribution in [-0.2, 0) is 6.42 Å². The van der Waals surface area contributed by atoms with Crippen LogP contribution in [0, 0.1) is 0 Å². The summed E-state index contributed by atoms with van der Waals surface area (Å²) in [6, 6.07) is 5.92. The van der Waals surface area contributed by atoms with E-state index in [0.717, 1.165) is 29.0 Å². The van der Waals surface area contributed by atoms with Crippen LogP contribution in [0.4, 0.5) is 11.8 Å². The molecule has 142 valence electrons. The Bertz CT molecular complexity index is 692. The van der Waals surface area contributed by atoms with Gasteiger partial charge >= 0.3 is 0 Å². The number of nitrogens with zero attached hydrogens (tertiary/aromatic N) is 2. The number of hydrogen-bond acceptors (Lipinski definition) is 6. The molecule has 0 saturated carbocycles. The fraction of sp³-hybridized carbons (Fsp3) is 0.500.